The maximum absolute atomic E-state index is 13.5. The zero-order valence-electron chi connectivity index (χ0n) is 36.2. The van der Waals surface area contributed by atoms with E-state index in [0.29, 0.717) is 42.7 Å². The average Bonchev–Trinajstić information content (AvgIpc) is 3.27. The van der Waals surface area contributed by atoms with Crippen LogP contribution >= 0.6 is 11.6 Å². The number of aromatic nitrogens is 2. The molecule has 1 N–H and O–H groups in total. The number of hydrogen-bond donors (Lipinski definition) is 1. The van der Waals surface area contributed by atoms with Gasteiger partial charge in [-0.15, -0.1) is 0 Å². The fourth-order valence-corrected chi connectivity index (χ4v) is 8.64. The molecule has 0 unspecified atom stereocenters. The van der Waals surface area contributed by atoms with Crippen molar-refractivity contribution in [2.45, 2.75) is 52.3 Å². The smallest absolute Gasteiger partial charge is 0.410 e. The molecule has 62 heavy (non-hydrogen) atoms. The molecule has 4 aromatic rings. The number of rotatable bonds is 11. The first-order valence-electron chi connectivity index (χ1n) is 21.6. The van der Waals surface area contributed by atoms with Crippen molar-refractivity contribution >= 4 is 58.3 Å². The summed E-state index contributed by atoms with van der Waals surface area (Å²) in [6, 6.07) is 21.3. The molecule has 0 atom stereocenters. The van der Waals surface area contributed by atoms with Crippen molar-refractivity contribution in [2.75, 3.05) is 106 Å². The van der Waals surface area contributed by atoms with E-state index in [1.54, 1.807) is 16.9 Å². The highest BCUT2D eigenvalue weighted by Crippen LogP contribution is 2.34. The number of anilines is 5. The molecule has 0 aliphatic carbocycles. The first-order valence-corrected chi connectivity index (χ1v) is 22.0. The third-order valence-electron chi connectivity index (χ3n) is 12.0. The summed E-state index contributed by atoms with van der Waals surface area (Å²) >= 11 is 6.84. The Kier molecular flexibility index (Phi) is 13.0. The van der Waals surface area contributed by atoms with E-state index in [-0.39, 0.29) is 31.0 Å². The Morgan fingerprint density at radius 2 is 1.44 bits per heavy atom. The fourth-order valence-electron chi connectivity index (χ4n) is 8.37. The first-order chi connectivity index (χ1) is 29.9. The van der Waals surface area contributed by atoms with E-state index < -0.39 is 5.60 Å². The summed E-state index contributed by atoms with van der Waals surface area (Å²) in [6.07, 6.45) is 2.47. The van der Waals surface area contributed by atoms with Crippen LogP contribution in [0, 0.1) is 0 Å². The van der Waals surface area contributed by atoms with Crippen LogP contribution in [0.2, 0.25) is 5.02 Å². The van der Waals surface area contributed by atoms with Gasteiger partial charge in [0.2, 0.25) is 11.9 Å². The fraction of sp³-hybridized carbons (Fsp3) is 0.457. The summed E-state index contributed by atoms with van der Waals surface area (Å²) in [5, 5.41) is 3.84. The molecular formula is C46H57ClN10O5. The number of carbonyl (C=O) groups is 3. The molecule has 16 heteroatoms. The third kappa shape index (κ3) is 10.3. The first kappa shape index (κ1) is 43.0. The van der Waals surface area contributed by atoms with Crippen LogP contribution in [-0.4, -0.2) is 139 Å². The molecule has 4 aliphatic rings. The average molecular weight is 865 g/mol. The minimum atomic E-state index is -0.543. The van der Waals surface area contributed by atoms with Crippen molar-refractivity contribution in [3.63, 3.8) is 0 Å². The monoisotopic (exact) mass is 864 g/mol. The highest BCUT2D eigenvalue weighted by Gasteiger charge is 2.34. The van der Waals surface area contributed by atoms with Gasteiger partial charge in [-0.05, 0) is 92.9 Å². The Hall–Kier alpha value is -5.64. The van der Waals surface area contributed by atoms with Gasteiger partial charge in [0.05, 0.1) is 36.6 Å². The molecule has 3 fully saturated rings. The molecule has 4 amide bonds. The molecule has 0 saturated carbocycles. The van der Waals surface area contributed by atoms with Gasteiger partial charge in [-0.25, -0.2) is 19.6 Å². The van der Waals surface area contributed by atoms with Crippen molar-refractivity contribution in [3.8, 4) is 5.75 Å². The number of methoxy groups -OCH3 is 1. The van der Waals surface area contributed by atoms with Gasteiger partial charge in [0.15, 0.2) is 0 Å². The summed E-state index contributed by atoms with van der Waals surface area (Å²) < 4.78 is 10.8. The van der Waals surface area contributed by atoms with E-state index in [9.17, 15) is 14.4 Å². The highest BCUT2D eigenvalue weighted by molar-refractivity contribution is 6.34. The van der Waals surface area contributed by atoms with Crippen LogP contribution < -0.4 is 24.8 Å². The Labute approximate surface area is 369 Å². The predicted molar refractivity (Wildman–Crippen MR) is 242 cm³/mol. The lowest BCUT2D eigenvalue weighted by molar-refractivity contribution is -0.129. The van der Waals surface area contributed by atoms with Gasteiger partial charge in [-0.3, -0.25) is 24.4 Å². The SMILES string of the molecule is COc1ccc(CN2C(=O)CCN(c3ccc(N4CCN(CCN5CCN(c6ccc(Nc7ncc8c(n7)CN(C(=O)OC(C)(C)C)CC8)cc6)CC5)CC4)cc3Cl)C2=O)cc1. The van der Waals surface area contributed by atoms with Crippen LogP contribution in [0.25, 0.3) is 0 Å². The number of nitrogens with one attached hydrogen (secondary N) is 1. The third-order valence-corrected chi connectivity index (χ3v) is 12.3. The van der Waals surface area contributed by atoms with Crippen LogP contribution in [-0.2, 0) is 29.0 Å². The van der Waals surface area contributed by atoms with E-state index in [4.69, 9.17) is 26.1 Å². The second kappa shape index (κ2) is 18.8. The topological polar surface area (TPSA) is 130 Å². The van der Waals surface area contributed by atoms with Crippen molar-refractivity contribution in [1.82, 2.24) is 29.6 Å². The van der Waals surface area contributed by atoms with Crippen molar-refractivity contribution < 1.29 is 23.9 Å². The molecule has 0 bridgehead atoms. The van der Waals surface area contributed by atoms with E-state index in [1.807, 2.05) is 69.4 Å². The number of imide groups is 1. The summed E-state index contributed by atoms with van der Waals surface area (Å²) in [5.74, 6) is 1.04. The van der Waals surface area contributed by atoms with E-state index in [1.165, 1.54) is 10.6 Å². The normalized spacial score (nSPS) is 17.9. The van der Waals surface area contributed by atoms with Crippen LogP contribution in [0.5, 0.6) is 5.75 Å². The van der Waals surface area contributed by atoms with E-state index >= 15 is 0 Å². The second-order valence-corrected chi connectivity index (χ2v) is 17.7. The number of benzene rings is 3. The molecular weight excluding hydrogens is 808 g/mol. The van der Waals surface area contributed by atoms with Gasteiger partial charge in [0.1, 0.15) is 11.4 Å². The number of hydrogen-bond acceptors (Lipinski definition) is 12. The maximum atomic E-state index is 13.5. The minimum absolute atomic E-state index is 0.192. The number of piperazine rings is 2. The number of nitrogens with zero attached hydrogens (tertiary/aromatic N) is 9. The van der Waals surface area contributed by atoms with Crippen molar-refractivity contribution in [1.29, 1.82) is 0 Å². The Morgan fingerprint density at radius 1 is 0.790 bits per heavy atom. The number of urea groups is 1. The largest absolute Gasteiger partial charge is 0.497 e. The highest BCUT2D eigenvalue weighted by atomic mass is 35.5. The molecule has 3 saturated heterocycles. The second-order valence-electron chi connectivity index (χ2n) is 17.3. The molecule has 15 nitrogen and oxygen atoms in total. The number of fused-ring (bicyclic) bond motifs is 1. The van der Waals surface area contributed by atoms with Gasteiger partial charge < -0.3 is 29.5 Å². The summed E-state index contributed by atoms with van der Waals surface area (Å²) in [4.78, 5) is 62.8. The minimum Gasteiger partial charge on any atom is -0.497 e. The van der Waals surface area contributed by atoms with Crippen molar-refractivity contribution in [2.24, 2.45) is 0 Å². The Morgan fingerprint density at radius 3 is 2.06 bits per heavy atom. The lowest BCUT2D eigenvalue weighted by Crippen LogP contribution is -2.52. The summed E-state index contributed by atoms with van der Waals surface area (Å²) in [7, 11) is 1.60. The molecule has 0 spiro atoms. The quantitative estimate of drug-likeness (QED) is 0.177. The standard InChI is InChI=1S/C46H57ClN10O5/c1-46(2,3)62-45(60)55-17-15-34-30-48-43(50-40(34)32-55)49-35-7-9-36(10-8-35)53-25-21-51(22-26-53)19-20-52-23-27-54(28-24-52)37-11-14-41(39(47)29-37)56-18-16-42(58)57(44(56)59)31-33-5-12-38(61-4)13-6-33/h5-14,29-30H,15-28,31-32H2,1-4H3,(H,48,49,50). The summed E-state index contributed by atoms with van der Waals surface area (Å²) in [6.45, 7) is 16.9. The lowest BCUT2D eigenvalue weighted by atomic mass is 10.1. The van der Waals surface area contributed by atoms with Crippen LogP contribution in [0.3, 0.4) is 0 Å². The lowest BCUT2D eigenvalue weighted by Gasteiger charge is -2.39. The molecule has 328 valence electrons. The van der Waals surface area contributed by atoms with E-state index in [0.717, 1.165) is 99.4 Å². The molecule has 3 aromatic carbocycles. The zero-order chi connectivity index (χ0) is 43.4. The van der Waals surface area contributed by atoms with Gasteiger partial charge in [-0.2, -0.15) is 0 Å². The molecule has 0 radical (unpaired) electrons. The van der Waals surface area contributed by atoms with Gasteiger partial charge in [0.25, 0.3) is 0 Å². The number of carbonyl (C=O) groups excluding carboxylic acids is 3. The number of amides is 4. The van der Waals surface area contributed by atoms with Gasteiger partial charge in [0, 0.05) is 108 Å². The Bertz CT molecular complexity index is 2220. The van der Waals surface area contributed by atoms with Crippen LogP contribution in [0.15, 0.2) is 72.9 Å². The van der Waals surface area contributed by atoms with Gasteiger partial charge in [-0.1, -0.05) is 23.7 Å². The van der Waals surface area contributed by atoms with Crippen molar-refractivity contribution in [3.05, 3.63) is 94.8 Å². The molecule has 5 heterocycles. The maximum Gasteiger partial charge on any atom is 0.410 e. The van der Waals surface area contributed by atoms with Gasteiger partial charge >= 0.3 is 12.1 Å². The predicted octanol–water partition coefficient (Wildman–Crippen LogP) is 6.48. The molecule has 4 aliphatic heterocycles. The number of halogens is 1. The number of ether oxygens (including phenoxy) is 2. The van der Waals surface area contributed by atoms with Crippen LogP contribution in [0.4, 0.5) is 38.3 Å². The zero-order valence-corrected chi connectivity index (χ0v) is 36.9. The van der Waals surface area contributed by atoms with Crippen LogP contribution in [0.1, 0.15) is 44.0 Å². The molecule has 8 rings (SSSR count). The Balaban J connectivity index is 0.759. The van der Waals surface area contributed by atoms with E-state index in [2.05, 4.69) is 54.2 Å². The summed E-state index contributed by atoms with van der Waals surface area (Å²) in [5.41, 5.74) is 5.97. The molecule has 1 aromatic heterocycles.